The van der Waals surface area contributed by atoms with Gasteiger partial charge in [-0.25, -0.2) is 0 Å². The van der Waals surface area contributed by atoms with Crippen LogP contribution in [0.3, 0.4) is 0 Å². The first kappa shape index (κ1) is 13.4. The Bertz CT molecular complexity index is 389. The van der Waals surface area contributed by atoms with Crippen molar-refractivity contribution in [1.29, 1.82) is 0 Å². The van der Waals surface area contributed by atoms with E-state index in [1.165, 1.54) is 0 Å². The highest BCUT2D eigenvalue weighted by molar-refractivity contribution is 5.82. The van der Waals surface area contributed by atoms with Crippen molar-refractivity contribution in [3.8, 4) is 11.5 Å². The van der Waals surface area contributed by atoms with Gasteiger partial charge in [-0.05, 0) is 24.1 Å². The topological polar surface area (TPSA) is 56.8 Å². The maximum Gasteiger partial charge on any atom is 0.161 e. The highest BCUT2D eigenvalue weighted by Gasteiger charge is 2.05. The van der Waals surface area contributed by atoms with Crippen molar-refractivity contribution in [2.24, 2.45) is 10.7 Å². The Morgan fingerprint density at radius 3 is 2.53 bits per heavy atom. The lowest BCUT2D eigenvalue weighted by Gasteiger charge is -2.09. The third-order valence-corrected chi connectivity index (χ3v) is 2.37. The van der Waals surface area contributed by atoms with Gasteiger partial charge in [0.05, 0.1) is 20.1 Å². The van der Waals surface area contributed by atoms with Crippen LogP contribution in [0.15, 0.2) is 23.2 Å². The van der Waals surface area contributed by atoms with Crippen LogP contribution in [0.4, 0.5) is 0 Å². The molecule has 0 aliphatic heterocycles. The van der Waals surface area contributed by atoms with Crippen LogP contribution in [0, 0.1) is 0 Å². The van der Waals surface area contributed by atoms with Crippen LogP contribution in [0.5, 0.6) is 11.5 Å². The molecule has 0 atom stereocenters. The highest BCUT2D eigenvalue weighted by Crippen LogP contribution is 2.27. The van der Waals surface area contributed by atoms with Crippen LogP contribution in [0.25, 0.3) is 0 Å². The van der Waals surface area contributed by atoms with Crippen molar-refractivity contribution < 1.29 is 9.47 Å². The number of ether oxygens (including phenoxy) is 2. The first-order chi connectivity index (χ1) is 8.21. The number of methoxy groups -OCH3 is 2. The molecule has 1 aromatic carbocycles. The van der Waals surface area contributed by atoms with Crippen LogP contribution < -0.4 is 15.2 Å². The van der Waals surface area contributed by atoms with Crippen LogP contribution in [-0.4, -0.2) is 26.6 Å². The van der Waals surface area contributed by atoms with Crippen molar-refractivity contribution in [3.63, 3.8) is 0 Å². The van der Waals surface area contributed by atoms with Crippen LogP contribution in [0.1, 0.15) is 18.9 Å². The SMILES string of the molecule is CCCN=C(N)Cc1ccc(OC)c(OC)c1. The van der Waals surface area contributed by atoms with Crippen molar-refractivity contribution >= 4 is 5.84 Å². The maximum atomic E-state index is 5.83. The second-order valence-electron chi connectivity index (χ2n) is 3.74. The van der Waals surface area contributed by atoms with Crippen molar-refractivity contribution in [2.45, 2.75) is 19.8 Å². The number of nitrogens with two attached hydrogens (primary N) is 1. The minimum Gasteiger partial charge on any atom is -0.493 e. The predicted molar refractivity (Wildman–Crippen MR) is 70.0 cm³/mol. The molecule has 0 aromatic heterocycles. The first-order valence-electron chi connectivity index (χ1n) is 5.71. The summed E-state index contributed by atoms with van der Waals surface area (Å²) in [7, 11) is 3.24. The molecule has 4 nitrogen and oxygen atoms in total. The molecule has 94 valence electrons. The zero-order chi connectivity index (χ0) is 12.7. The number of nitrogens with zero attached hydrogens (tertiary/aromatic N) is 1. The standard InChI is InChI=1S/C13H20N2O2/c1-4-7-15-13(14)9-10-5-6-11(16-2)12(8-10)17-3/h5-6,8H,4,7,9H2,1-3H3,(H2,14,15). The lowest BCUT2D eigenvalue weighted by molar-refractivity contribution is 0.354. The van der Waals surface area contributed by atoms with E-state index in [4.69, 9.17) is 15.2 Å². The number of rotatable bonds is 6. The molecular weight excluding hydrogens is 216 g/mol. The summed E-state index contributed by atoms with van der Waals surface area (Å²) < 4.78 is 10.4. The van der Waals surface area contributed by atoms with Crippen molar-refractivity contribution in [3.05, 3.63) is 23.8 Å². The quantitative estimate of drug-likeness (QED) is 0.607. The molecule has 2 N–H and O–H groups in total. The largest absolute Gasteiger partial charge is 0.493 e. The average molecular weight is 236 g/mol. The molecule has 0 aliphatic carbocycles. The third-order valence-electron chi connectivity index (χ3n) is 2.37. The van der Waals surface area contributed by atoms with Crippen LogP contribution in [0.2, 0.25) is 0 Å². The van der Waals surface area contributed by atoms with Crippen molar-refractivity contribution in [1.82, 2.24) is 0 Å². The summed E-state index contributed by atoms with van der Waals surface area (Å²) in [6.45, 7) is 2.85. The molecule has 0 fully saturated rings. The normalized spacial score (nSPS) is 11.4. The van der Waals surface area contributed by atoms with E-state index < -0.39 is 0 Å². The molecule has 17 heavy (non-hydrogen) atoms. The Kier molecular flexibility index (Phi) is 5.33. The molecule has 0 saturated carbocycles. The number of aliphatic imine (C=N–C) groups is 1. The zero-order valence-electron chi connectivity index (χ0n) is 10.7. The molecule has 4 heteroatoms. The molecule has 0 unspecified atom stereocenters. The van der Waals surface area contributed by atoms with Gasteiger partial charge in [0.15, 0.2) is 11.5 Å². The summed E-state index contributed by atoms with van der Waals surface area (Å²) >= 11 is 0. The van der Waals surface area contributed by atoms with Gasteiger partial charge >= 0.3 is 0 Å². The molecule has 0 saturated heterocycles. The van der Waals surface area contributed by atoms with Crippen LogP contribution >= 0.6 is 0 Å². The number of hydrogen-bond acceptors (Lipinski definition) is 3. The first-order valence-corrected chi connectivity index (χ1v) is 5.71. The molecule has 1 aromatic rings. The van der Waals surface area contributed by atoms with Gasteiger partial charge in [-0.3, -0.25) is 4.99 Å². The van der Waals surface area contributed by atoms with Crippen molar-refractivity contribution in [2.75, 3.05) is 20.8 Å². The van der Waals surface area contributed by atoms with Gasteiger partial charge in [0.1, 0.15) is 0 Å². The Hall–Kier alpha value is -1.71. The molecule has 1 rings (SSSR count). The molecule has 0 spiro atoms. The molecule has 0 amide bonds. The average Bonchev–Trinajstić information content (AvgIpc) is 2.36. The van der Waals surface area contributed by atoms with Gasteiger partial charge < -0.3 is 15.2 Å². The van der Waals surface area contributed by atoms with E-state index in [1.807, 2.05) is 18.2 Å². The lowest BCUT2D eigenvalue weighted by Crippen LogP contribution is -2.15. The van der Waals surface area contributed by atoms with Crippen LogP contribution in [-0.2, 0) is 6.42 Å². The van der Waals surface area contributed by atoms with Gasteiger partial charge in [0, 0.05) is 13.0 Å². The fraction of sp³-hybridized carbons (Fsp3) is 0.462. The van der Waals surface area contributed by atoms with E-state index >= 15 is 0 Å². The summed E-state index contributed by atoms with van der Waals surface area (Å²) in [6, 6.07) is 5.77. The van der Waals surface area contributed by atoms with Gasteiger partial charge in [0.2, 0.25) is 0 Å². The molecule has 0 radical (unpaired) electrons. The van der Waals surface area contributed by atoms with Gasteiger partial charge in [-0.2, -0.15) is 0 Å². The van der Waals surface area contributed by atoms with E-state index in [9.17, 15) is 0 Å². The lowest BCUT2D eigenvalue weighted by atomic mass is 10.1. The second-order valence-corrected chi connectivity index (χ2v) is 3.74. The minimum atomic E-state index is 0.639. The summed E-state index contributed by atoms with van der Waals surface area (Å²) in [5.41, 5.74) is 6.90. The summed E-state index contributed by atoms with van der Waals surface area (Å²) in [5, 5.41) is 0. The molecule has 0 bridgehead atoms. The molecular formula is C13H20N2O2. The fourth-order valence-corrected chi connectivity index (χ4v) is 1.51. The van der Waals surface area contributed by atoms with Gasteiger partial charge in [-0.15, -0.1) is 0 Å². The Morgan fingerprint density at radius 1 is 1.24 bits per heavy atom. The Balaban J connectivity index is 2.78. The van der Waals surface area contributed by atoms with Gasteiger partial charge in [-0.1, -0.05) is 13.0 Å². The number of hydrogen-bond donors (Lipinski definition) is 1. The predicted octanol–water partition coefficient (Wildman–Crippen LogP) is 2.01. The smallest absolute Gasteiger partial charge is 0.161 e. The molecule has 0 aliphatic rings. The van der Waals surface area contributed by atoms with E-state index in [0.29, 0.717) is 18.0 Å². The van der Waals surface area contributed by atoms with E-state index in [1.54, 1.807) is 14.2 Å². The number of amidine groups is 1. The van der Waals surface area contributed by atoms with E-state index in [-0.39, 0.29) is 0 Å². The minimum absolute atomic E-state index is 0.639. The second kappa shape index (κ2) is 6.78. The number of benzene rings is 1. The van der Waals surface area contributed by atoms with E-state index in [2.05, 4.69) is 11.9 Å². The zero-order valence-corrected chi connectivity index (χ0v) is 10.7. The fourth-order valence-electron chi connectivity index (χ4n) is 1.51. The van der Waals surface area contributed by atoms with E-state index in [0.717, 1.165) is 24.3 Å². The Morgan fingerprint density at radius 2 is 1.94 bits per heavy atom. The summed E-state index contributed by atoms with van der Waals surface area (Å²) in [6.07, 6.45) is 1.65. The van der Waals surface area contributed by atoms with Gasteiger partial charge in [0.25, 0.3) is 0 Å². The Labute approximate surface area is 102 Å². The molecule has 0 heterocycles. The summed E-state index contributed by atoms with van der Waals surface area (Å²) in [5.74, 6) is 2.09. The monoisotopic (exact) mass is 236 g/mol. The summed E-state index contributed by atoms with van der Waals surface area (Å²) in [4.78, 5) is 4.26. The highest BCUT2D eigenvalue weighted by atomic mass is 16.5. The third kappa shape index (κ3) is 3.98. The maximum absolute atomic E-state index is 5.83.